The third kappa shape index (κ3) is 1.11. The molecule has 5 heteroatoms. The van der Waals surface area contributed by atoms with Gasteiger partial charge in [-0.15, -0.1) is 0 Å². The summed E-state index contributed by atoms with van der Waals surface area (Å²) < 4.78 is 13.8. The Hall–Kier alpha value is -1.39. The van der Waals surface area contributed by atoms with Crippen molar-refractivity contribution < 1.29 is 4.39 Å². The number of halogens is 1. The Morgan fingerprint density at radius 2 is 2.23 bits per heavy atom. The second-order valence-electron chi connectivity index (χ2n) is 3.32. The average Bonchev–Trinajstić information content (AvgIpc) is 2.90. The summed E-state index contributed by atoms with van der Waals surface area (Å²) in [5, 5.41) is 0. The maximum Gasteiger partial charge on any atom is 0.316 e. The van der Waals surface area contributed by atoms with Gasteiger partial charge in [0.05, 0.1) is 5.54 Å². The number of hydrogen-bond donors (Lipinski definition) is 1. The Bertz CT molecular complexity index is 430. The van der Waals surface area contributed by atoms with Gasteiger partial charge in [-0.25, -0.2) is 4.39 Å². The lowest BCUT2D eigenvalue weighted by molar-refractivity contribution is 0.328. The van der Waals surface area contributed by atoms with E-state index in [1.807, 2.05) is 0 Å². The highest BCUT2D eigenvalue weighted by Crippen LogP contribution is 2.42. The van der Waals surface area contributed by atoms with E-state index in [1.54, 1.807) is 0 Å². The van der Waals surface area contributed by atoms with Crippen LogP contribution in [0.3, 0.4) is 0 Å². The third-order valence-electron chi connectivity index (χ3n) is 2.44. The van der Waals surface area contributed by atoms with Crippen molar-refractivity contribution in [2.75, 3.05) is 6.67 Å². The molecule has 4 nitrogen and oxygen atoms in total. The Balaban J connectivity index is 2.59. The molecule has 1 aliphatic carbocycles. The third-order valence-corrected chi connectivity index (χ3v) is 2.44. The van der Waals surface area contributed by atoms with Crippen LogP contribution in [0.15, 0.2) is 22.0 Å². The van der Waals surface area contributed by atoms with Crippen molar-refractivity contribution in [1.29, 1.82) is 0 Å². The van der Waals surface area contributed by atoms with E-state index in [0.717, 1.165) is 0 Å². The number of aromatic amines is 1. The zero-order chi connectivity index (χ0) is 9.47. The highest BCUT2D eigenvalue weighted by Gasteiger charge is 2.45. The molecule has 0 amide bonds. The molecule has 0 spiro atoms. The topological polar surface area (TPSA) is 54.9 Å². The molecule has 0 saturated heterocycles. The molecular weight excluding hydrogens is 175 g/mol. The molecule has 1 aromatic heterocycles. The largest absolute Gasteiger partial charge is 0.323 e. The van der Waals surface area contributed by atoms with Gasteiger partial charge in [-0.1, -0.05) is 0 Å². The lowest BCUT2D eigenvalue weighted by Gasteiger charge is -2.12. The minimum absolute atomic E-state index is 0.587. The first-order valence-electron chi connectivity index (χ1n) is 4.06. The molecular formula is C8H9FN2O2. The van der Waals surface area contributed by atoms with Crippen LogP contribution in [0.25, 0.3) is 0 Å². The number of H-pyrrole nitrogens is 1. The predicted octanol–water partition coefficient (Wildman–Crippen LogP) is -0.00480. The number of nitrogens with zero attached hydrogens (tertiary/aromatic N) is 1. The van der Waals surface area contributed by atoms with Crippen LogP contribution in [-0.2, 0) is 5.54 Å². The van der Waals surface area contributed by atoms with Crippen LogP contribution in [0.4, 0.5) is 4.39 Å². The van der Waals surface area contributed by atoms with Crippen molar-refractivity contribution in [3.8, 4) is 0 Å². The fourth-order valence-electron chi connectivity index (χ4n) is 1.38. The van der Waals surface area contributed by atoms with Gasteiger partial charge in [-0.2, -0.15) is 0 Å². The number of hydrogen-bond acceptors (Lipinski definition) is 2. The summed E-state index contributed by atoms with van der Waals surface area (Å²) in [6.45, 7) is -0.587. The average molecular weight is 184 g/mol. The van der Waals surface area contributed by atoms with Gasteiger partial charge in [-0.05, 0) is 12.8 Å². The highest BCUT2D eigenvalue weighted by atomic mass is 19.1. The van der Waals surface area contributed by atoms with Crippen molar-refractivity contribution in [1.82, 2.24) is 9.55 Å². The van der Waals surface area contributed by atoms with Gasteiger partial charge < -0.3 is 9.55 Å². The molecule has 1 saturated carbocycles. The van der Waals surface area contributed by atoms with E-state index < -0.39 is 23.3 Å². The Morgan fingerprint density at radius 1 is 1.54 bits per heavy atom. The van der Waals surface area contributed by atoms with E-state index in [1.165, 1.54) is 17.0 Å². The summed E-state index contributed by atoms with van der Waals surface area (Å²) in [5.74, 6) is 0. The first-order valence-corrected chi connectivity index (χ1v) is 4.06. The van der Waals surface area contributed by atoms with Crippen molar-refractivity contribution in [2.24, 2.45) is 0 Å². The van der Waals surface area contributed by atoms with Crippen LogP contribution < -0.4 is 11.1 Å². The maximum atomic E-state index is 12.6. The fourth-order valence-corrected chi connectivity index (χ4v) is 1.38. The summed E-state index contributed by atoms with van der Waals surface area (Å²) >= 11 is 0. The minimum Gasteiger partial charge on any atom is -0.323 e. The van der Waals surface area contributed by atoms with E-state index in [-0.39, 0.29) is 0 Å². The molecule has 1 fully saturated rings. The second-order valence-corrected chi connectivity index (χ2v) is 3.32. The standard InChI is InChI=1S/C8H9FN2O2/c9-5-8(1-2-8)11-4-3-10-6(12)7(11)13/h3-4H,1-2,5H2,(H,10,12). The Morgan fingerprint density at radius 3 is 2.77 bits per heavy atom. The van der Waals surface area contributed by atoms with Gasteiger partial charge in [0.1, 0.15) is 6.67 Å². The van der Waals surface area contributed by atoms with Crippen LogP contribution in [0.2, 0.25) is 0 Å². The molecule has 0 unspecified atom stereocenters. The SMILES string of the molecule is O=c1[nH]ccn(C2(CF)CC2)c1=O. The van der Waals surface area contributed by atoms with Gasteiger partial charge in [0.2, 0.25) is 0 Å². The molecule has 1 heterocycles. The zero-order valence-corrected chi connectivity index (χ0v) is 6.92. The molecule has 0 atom stereocenters. The van der Waals surface area contributed by atoms with Crippen LogP contribution in [-0.4, -0.2) is 16.2 Å². The molecule has 0 aromatic carbocycles. The van der Waals surface area contributed by atoms with Crippen LogP contribution in [0.1, 0.15) is 12.8 Å². The molecule has 0 aliphatic heterocycles. The number of aromatic nitrogens is 2. The van der Waals surface area contributed by atoms with E-state index >= 15 is 0 Å². The van der Waals surface area contributed by atoms with Gasteiger partial charge in [0.15, 0.2) is 0 Å². The zero-order valence-electron chi connectivity index (χ0n) is 6.92. The molecule has 0 bridgehead atoms. The van der Waals surface area contributed by atoms with Gasteiger partial charge >= 0.3 is 11.1 Å². The molecule has 70 valence electrons. The predicted molar refractivity (Wildman–Crippen MR) is 44.5 cm³/mol. The number of alkyl halides is 1. The quantitative estimate of drug-likeness (QED) is 0.657. The van der Waals surface area contributed by atoms with Crippen LogP contribution >= 0.6 is 0 Å². The van der Waals surface area contributed by atoms with Crippen molar-refractivity contribution in [3.63, 3.8) is 0 Å². The first kappa shape index (κ1) is 8.22. The smallest absolute Gasteiger partial charge is 0.316 e. The van der Waals surface area contributed by atoms with Crippen molar-refractivity contribution >= 4 is 0 Å². The monoisotopic (exact) mass is 184 g/mol. The van der Waals surface area contributed by atoms with Crippen LogP contribution in [0.5, 0.6) is 0 Å². The van der Waals surface area contributed by atoms with E-state index in [0.29, 0.717) is 12.8 Å². The fraction of sp³-hybridized carbons (Fsp3) is 0.500. The summed E-state index contributed by atoms with van der Waals surface area (Å²) in [5.41, 5.74) is -2.08. The van der Waals surface area contributed by atoms with Crippen LogP contribution in [0, 0.1) is 0 Å². The Labute approximate surface area is 73.0 Å². The molecule has 0 radical (unpaired) electrons. The maximum absolute atomic E-state index is 12.6. The first-order chi connectivity index (χ1) is 6.19. The lowest BCUT2D eigenvalue weighted by Crippen LogP contribution is -2.41. The molecule has 1 aromatic rings. The van der Waals surface area contributed by atoms with Gasteiger partial charge in [-0.3, -0.25) is 9.59 Å². The molecule has 1 N–H and O–H groups in total. The minimum atomic E-state index is -0.717. The molecule has 13 heavy (non-hydrogen) atoms. The lowest BCUT2D eigenvalue weighted by atomic mass is 10.3. The van der Waals surface area contributed by atoms with E-state index in [2.05, 4.69) is 4.98 Å². The Kier molecular flexibility index (Phi) is 1.61. The highest BCUT2D eigenvalue weighted by molar-refractivity contribution is 5.03. The summed E-state index contributed by atoms with van der Waals surface area (Å²) in [4.78, 5) is 24.4. The van der Waals surface area contributed by atoms with Gasteiger partial charge in [0, 0.05) is 12.4 Å². The summed E-state index contributed by atoms with van der Waals surface area (Å²) in [7, 11) is 0. The normalized spacial score (nSPS) is 18.5. The molecule has 1 aliphatic rings. The molecule has 2 rings (SSSR count). The second kappa shape index (κ2) is 2.55. The van der Waals surface area contributed by atoms with E-state index in [9.17, 15) is 14.0 Å². The number of rotatable bonds is 2. The summed E-state index contributed by atoms with van der Waals surface area (Å²) in [6.07, 6.45) is 4.05. The van der Waals surface area contributed by atoms with Gasteiger partial charge in [0.25, 0.3) is 0 Å². The van der Waals surface area contributed by atoms with E-state index in [4.69, 9.17) is 0 Å². The van der Waals surface area contributed by atoms with Crippen molar-refractivity contribution in [3.05, 3.63) is 33.1 Å². The summed E-state index contributed by atoms with van der Waals surface area (Å²) in [6, 6.07) is 0. The van der Waals surface area contributed by atoms with Crippen molar-refractivity contribution in [2.45, 2.75) is 18.4 Å². The number of nitrogens with one attached hydrogen (secondary N) is 1.